The maximum absolute atomic E-state index is 12.7. The molecule has 1 atom stereocenters. The zero-order chi connectivity index (χ0) is 25.8. The van der Waals surface area contributed by atoms with Crippen molar-refractivity contribution < 1.29 is 22.6 Å². The molecule has 0 spiro atoms. The number of hydrazone groups is 1. The molecule has 1 aromatic heterocycles. The molecule has 0 radical (unpaired) electrons. The number of nitrogens with one attached hydrogen (secondary N) is 2. The third kappa shape index (κ3) is 6.53. The molecule has 35 heavy (non-hydrogen) atoms. The smallest absolute Gasteiger partial charge is 0.281 e. The van der Waals surface area contributed by atoms with Crippen molar-refractivity contribution in [2.75, 3.05) is 0 Å². The van der Waals surface area contributed by atoms with Gasteiger partial charge in [-0.2, -0.15) is 9.82 Å². The first-order valence-electron chi connectivity index (χ1n) is 10.4. The highest BCUT2D eigenvalue weighted by molar-refractivity contribution is 7.89. The monoisotopic (exact) mass is 518 g/mol. The molecule has 0 aliphatic heterocycles. The first-order valence-corrected chi connectivity index (χ1v) is 12.3. The lowest BCUT2D eigenvalue weighted by Crippen LogP contribution is -2.48. The zero-order valence-electron chi connectivity index (χ0n) is 19.1. The molecular formula is C23H23ClN4O6S. The predicted molar refractivity (Wildman–Crippen MR) is 132 cm³/mol. The Labute approximate surface area is 207 Å². The minimum Gasteiger partial charge on any atom is -0.455 e. The Bertz CT molecular complexity index is 1370. The van der Waals surface area contributed by atoms with Crippen LogP contribution in [0.2, 0.25) is 5.02 Å². The van der Waals surface area contributed by atoms with Crippen molar-refractivity contribution in [2.24, 2.45) is 11.0 Å². The normalized spacial score (nSPS) is 12.7. The average molecular weight is 519 g/mol. The van der Waals surface area contributed by atoms with Gasteiger partial charge in [0.25, 0.3) is 11.6 Å². The van der Waals surface area contributed by atoms with E-state index in [1.165, 1.54) is 48.7 Å². The van der Waals surface area contributed by atoms with E-state index in [1.54, 1.807) is 26.0 Å². The molecule has 0 aliphatic rings. The van der Waals surface area contributed by atoms with Crippen LogP contribution in [-0.2, 0) is 14.8 Å². The fourth-order valence-electron chi connectivity index (χ4n) is 3.11. The number of aryl methyl sites for hydroxylation is 1. The van der Waals surface area contributed by atoms with Crippen LogP contribution >= 0.6 is 11.6 Å². The van der Waals surface area contributed by atoms with Crippen molar-refractivity contribution >= 4 is 39.4 Å². The van der Waals surface area contributed by atoms with Gasteiger partial charge in [0.05, 0.1) is 21.6 Å². The molecule has 0 aliphatic carbocycles. The van der Waals surface area contributed by atoms with Crippen LogP contribution in [-0.4, -0.2) is 31.5 Å². The summed E-state index contributed by atoms with van der Waals surface area (Å²) < 4.78 is 33.4. The number of nitro benzene ring substituents is 1. The van der Waals surface area contributed by atoms with E-state index in [0.717, 1.165) is 5.56 Å². The van der Waals surface area contributed by atoms with E-state index in [2.05, 4.69) is 15.2 Å². The van der Waals surface area contributed by atoms with Gasteiger partial charge in [0.15, 0.2) is 0 Å². The molecule has 3 aromatic rings. The fraction of sp³-hybridized carbons (Fsp3) is 0.217. The summed E-state index contributed by atoms with van der Waals surface area (Å²) in [4.78, 5) is 23.4. The van der Waals surface area contributed by atoms with Crippen LogP contribution in [0, 0.1) is 23.0 Å². The van der Waals surface area contributed by atoms with Gasteiger partial charge in [0.1, 0.15) is 17.6 Å². The Morgan fingerprint density at radius 1 is 1.14 bits per heavy atom. The molecule has 1 heterocycles. The van der Waals surface area contributed by atoms with Crippen molar-refractivity contribution in [1.82, 2.24) is 10.1 Å². The Morgan fingerprint density at radius 3 is 2.46 bits per heavy atom. The quantitative estimate of drug-likeness (QED) is 0.246. The summed E-state index contributed by atoms with van der Waals surface area (Å²) in [6, 6.07) is 12.4. The van der Waals surface area contributed by atoms with Gasteiger partial charge in [-0.25, -0.2) is 13.8 Å². The summed E-state index contributed by atoms with van der Waals surface area (Å²) in [5, 5.41) is 15.4. The van der Waals surface area contributed by atoms with E-state index in [-0.39, 0.29) is 38.6 Å². The van der Waals surface area contributed by atoms with E-state index < -0.39 is 26.9 Å². The summed E-state index contributed by atoms with van der Waals surface area (Å²) in [5.41, 5.74) is 3.22. The van der Waals surface area contributed by atoms with Gasteiger partial charge in [-0.1, -0.05) is 43.1 Å². The second kappa shape index (κ2) is 10.8. The molecule has 0 saturated heterocycles. The molecule has 0 saturated carbocycles. The van der Waals surface area contributed by atoms with Crippen LogP contribution in [0.3, 0.4) is 0 Å². The second-order valence-corrected chi connectivity index (χ2v) is 10.2. The van der Waals surface area contributed by atoms with Crippen molar-refractivity contribution in [3.63, 3.8) is 0 Å². The summed E-state index contributed by atoms with van der Waals surface area (Å²) >= 11 is 5.84. The summed E-state index contributed by atoms with van der Waals surface area (Å²) in [5.74, 6) is -0.601. The Kier molecular flexibility index (Phi) is 8.05. The van der Waals surface area contributed by atoms with Gasteiger partial charge in [-0.05, 0) is 49.2 Å². The molecule has 2 aromatic carbocycles. The SMILES string of the molecule is Cc1ccc(S(=O)(=O)N[C@H](C(=O)N/N=C\c2ccc(-c3ccc(Cl)cc3[N+](=O)[O-])o2)C(C)C)cc1. The van der Waals surface area contributed by atoms with Gasteiger partial charge >= 0.3 is 0 Å². The number of carbonyl (C=O) groups is 1. The Hall–Kier alpha value is -3.54. The van der Waals surface area contributed by atoms with Gasteiger partial charge < -0.3 is 4.42 Å². The molecule has 12 heteroatoms. The molecule has 1 amide bonds. The third-order valence-corrected chi connectivity index (χ3v) is 6.67. The number of carbonyl (C=O) groups excluding carboxylic acids is 1. The van der Waals surface area contributed by atoms with Crippen molar-refractivity contribution in [1.29, 1.82) is 0 Å². The molecule has 3 rings (SSSR count). The minimum absolute atomic E-state index is 0.0458. The van der Waals surface area contributed by atoms with Gasteiger partial charge in [-0.15, -0.1) is 0 Å². The standard InChI is InChI=1S/C23H23ClN4O6S/c1-14(2)22(27-35(32,33)18-8-4-15(3)5-9-18)23(29)26-25-13-17-7-11-21(34-17)19-10-6-16(24)12-20(19)28(30)31/h4-14,22,27H,1-3H3,(H,26,29)/b25-13-/t22-/m0/s1. The zero-order valence-corrected chi connectivity index (χ0v) is 20.6. The van der Waals surface area contributed by atoms with Crippen molar-refractivity contribution in [3.05, 3.63) is 81.1 Å². The van der Waals surface area contributed by atoms with Crippen LogP contribution in [0.15, 0.2) is 69.0 Å². The van der Waals surface area contributed by atoms with Crippen LogP contribution in [0.25, 0.3) is 11.3 Å². The van der Waals surface area contributed by atoms with E-state index in [4.69, 9.17) is 16.0 Å². The largest absolute Gasteiger partial charge is 0.455 e. The van der Waals surface area contributed by atoms with Crippen molar-refractivity contribution in [3.8, 4) is 11.3 Å². The topological polar surface area (TPSA) is 144 Å². The number of amides is 1. The molecule has 0 unspecified atom stereocenters. The van der Waals surface area contributed by atoms with Crippen LogP contribution < -0.4 is 10.1 Å². The van der Waals surface area contributed by atoms with E-state index >= 15 is 0 Å². The number of hydrogen-bond acceptors (Lipinski definition) is 7. The highest BCUT2D eigenvalue weighted by atomic mass is 35.5. The third-order valence-electron chi connectivity index (χ3n) is 4.98. The number of nitro groups is 1. The number of halogens is 1. The predicted octanol–water partition coefficient (Wildman–Crippen LogP) is 4.27. The number of furan rings is 1. The molecule has 0 bridgehead atoms. The lowest BCUT2D eigenvalue weighted by Gasteiger charge is -2.20. The highest BCUT2D eigenvalue weighted by Crippen LogP contribution is 2.33. The van der Waals surface area contributed by atoms with Gasteiger partial charge in [0.2, 0.25) is 10.0 Å². The number of rotatable bonds is 9. The van der Waals surface area contributed by atoms with E-state index in [1.807, 2.05) is 6.92 Å². The summed E-state index contributed by atoms with van der Waals surface area (Å²) in [7, 11) is -3.93. The number of sulfonamides is 1. The van der Waals surface area contributed by atoms with Crippen LogP contribution in [0.1, 0.15) is 25.2 Å². The Morgan fingerprint density at radius 2 is 1.83 bits per heavy atom. The first-order chi connectivity index (χ1) is 16.5. The number of nitrogens with zero attached hydrogens (tertiary/aromatic N) is 2. The molecule has 184 valence electrons. The fourth-order valence-corrected chi connectivity index (χ4v) is 4.62. The maximum Gasteiger partial charge on any atom is 0.281 e. The van der Waals surface area contributed by atoms with Gasteiger partial charge in [0, 0.05) is 11.1 Å². The highest BCUT2D eigenvalue weighted by Gasteiger charge is 2.28. The van der Waals surface area contributed by atoms with Crippen molar-refractivity contribution in [2.45, 2.75) is 31.7 Å². The average Bonchev–Trinajstić information content (AvgIpc) is 3.26. The van der Waals surface area contributed by atoms with Crippen LogP contribution in [0.4, 0.5) is 5.69 Å². The summed E-state index contributed by atoms with van der Waals surface area (Å²) in [6.07, 6.45) is 1.20. The molecule has 2 N–H and O–H groups in total. The molecule has 10 nitrogen and oxygen atoms in total. The lowest BCUT2D eigenvalue weighted by molar-refractivity contribution is -0.384. The second-order valence-electron chi connectivity index (χ2n) is 8.01. The summed E-state index contributed by atoms with van der Waals surface area (Å²) in [6.45, 7) is 5.23. The van der Waals surface area contributed by atoms with Crippen LogP contribution in [0.5, 0.6) is 0 Å². The maximum atomic E-state index is 12.7. The lowest BCUT2D eigenvalue weighted by atomic mass is 10.1. The Balaban J connectivity index is 1.71. The molecular weight excluding hydrogens is 496 g/mol. The number of benzene rings is 2. The van der Waals surface area contributed by atoms with E-state index in [0.29, 0.717) is 0 Å². The van der Waals surface area contributed by atoms with E-state index in [9.17, 15) is 23.3 Å². The van der Waals surface area contributed by atoms with Gasteiger partial charge in [-0.3, -0.25) is 14.9 Å². The first kappa shape index (κ1) is 26.1. The minimum atomic E-state index is -3.93. The molecule has 0 fully saturated rings. The number of hydrogen-bond donors (Lipinski definition) is 2.